The molecule has 2 aromatic carbocycles. The minimum Gasteiger partial charge on any atom is -0.480 e. The van der Waals surface area contributed by atoms with Crippen molar-refractivity contribution in [3.05, 3.63) is 51.8 Å². The third-order valence-electron chi connectivity index (χ3n) is 4.92. The van der Waals surface area contributed by atoms with Crippen molar-refractivity contribution in [2.45, 2.75) is 78.7 Å². The number of fused-ring (bicyclic) bond motifs is 1. The van der Waals surface area contributed by atoms with Crippen molar-refractivity contribution in [2.24, 2.45) is 0 Å². The van der Waals surface area contributed by atoms with Crippen molar-refractivity contribution in [3.8, 4) is 0 Å². The lowest BCUT2D eigenvalue weighted by atomic mass is 10.2. The number of ether oxygens (including phenoxy) is 2. The van der Waals surface area contributed by atoms with Gasteiger partial charge in [0.2, 0.25) is 0 Å². The molecule has 0 radical (unpaired) electrons. The fourth-order valence-corrected chi connectivity index (χ4v) is 3.24. The Morgan fingerprint density at radius 1 is 0.864 bits per heavy atom. The molecule has 2 amide bonds. The van der Waals surface area contributed by atoms with Crippen molar-refractivity contribution < 1.29 is 37.7 Å². The number of halogens is 4. The molecule has 0 unspecified atom stereocenters. The zero-order valence-electron chi connectivity index (χ0n) is 25.6. The number of carbonyl (C=O) groups excluding carboxylic acids is 2. The summed E-state index contributed by atoms with van der Waals surface area (Å²) in [5, 5.41) is 13.3. The maximum Gasteiger partial charge on any atom is 0.408 e. The first-order valence-corrected chi connectivity index (χ1v) is 13.8. The fraction of sp³-hybridized carbons (Fsp3) is 0.429. The number of imidazole rings is 1. The number of nitrogens with one attached hydrogen (secondary N) is 3. The maximum atomic E-state index is 13.4. The molecule has 0 bridgehead atoms. The summed E-state index contributed by atoms with van der Waals surface area (Å²) in [4.78, 5) is 40.3. The Hall–Kier alpha value is -4.04. The zero-order valence-corrected chi connectivity index (χ0v) is 27.1. The number of carboxylic acid groups (broad SMARTS) is 1. The second-order valence-corrected chi connectivity index (χ2v) is 12.2. The van der Waals surface area contributed by atoms with E-state index in [9.17, 15) is 23.2 Å². The Kier molecular flexibility index (Phi) is 13.5. The van der Waals surface area contributed by atoms with Crippen LogP contribution < -0.4 is 22.1 Å². The molecule has 1 aromatic heterocycles. The van der Waals surface area contributed by atoms with Crippen LogP contribution in [0.1, 0.15) is 67.3 Å². The predicted molar refractivity (Wildman–Crippen MR) is 166 cm³/mol. The number of hydrogen-bond acceptors (Lipinski definition) is 8. The van der Waals surface area contributed by atoms with E-state index < -0.39 is 53.1 Å². The molecule has 0 fully saturated rings. The van der Waals surface area contributed by atoms with Gasteiger partial charge in [-0.2, -0.15) is 0 Å². The van der Waals surface area contributed by atoms with E-state index >= 15 is 0 Å². The van der Waals surface area contributed by atoms with Crippen molar-refractivity contribution >= 4 is 63.8 Å². The number of H-pyrrole nitrogens is 1. The van der Waals surface area contributed by atoms with E-state index in [1.807, 2.05) is 0 Å². The maximum absolute atomic E-state index is 13.4. The molecule has 2 atom stereocenters. The number of anilines is 2. The monoisotopic (exact) mass is 662 g/mol. The van der Waals surface area contributed by atoms with Crippen LogP contribution in [0.5, 0.6) is 0 Å². The quantitative estimate of drug-likeness (QED) is 0.167. The second-order valence-electron chi connectivity index (χ2n) is 11.4. The van der Waals surface area contributed by atoms with Crippen molar-refractivity contribution in [2.75, 3.05) is 11.5 Å². The van der Waals surface area contributed by atoms with Gasteiger partial charge in [0.25, 0.3) is 0 Å². The summed E-state index contributed by atoms with van der Waals surface area (Å²) < 4.78 is 35.9. The van der Waals surface area contributed by atoms with E-state index in [0.29, 0.717) is 22.5 Å². The summed E-state index contributed by atoms with van der Waals surface area (Å²) in [7, 11) is 0. The number of aromatic amines is 1. The number of rotatable bonds is 4. The number of alkyl carbamates (subject to hydrolysis) is 2. The molecule has 12 nitrogen and oxygen atoms in total. The van der Waals surface area contributed by atoms with Gasteiger partial charge in [0, 0.05) is 12.1 Å². The van der Waals surface area contributed by atoms with Crippen LogP contribution in [-0.2, 0) is 14.3 Å². The third-order valence-corrected chi connectivity index (χ3v) is 5.49. The van der Waals surface area contributed by atoms with Crippen LogP contribution in [0.3, 0.4) is 0 Å². The highest BCUT2D eigenvalue weighted by atomic mass is 35.5. The number of nitrogen functional groups attached to an aromatic ring is 2. The lowest BCUT2D eigenvalue weighted by Crippen LogP contribution is -2.41. The van der Waals surface area contributed by atoms with E-state index in [2.05, 4.69) is 20.6 Å². The van der Waals surface area contributed by atoms with Gasteiger partial charge in [-0.25, -0.2) is 23.4 Å². The Morgan fingerprint density at radius 2 is 1.32 bits per heavy atom. The van der Waals surface area contributed by atoms with Crippen LogP contribution in [-0.4, -0.2) is 50.5 Å². The number of benzene rings is 2. The fourth-order valence-electron chi connectivity index (χ4n) is 2.91. The van der Waals surface area contributed by atoms with Gasteiger partial charge in [0.1, 0.15) is 34.7 Å². The number of nitrogens with two attached hydrogens (primary N) is 2. The first kappa shape index (κ1) is 38.0. The number of nitrogens with zero attached hydrogens (tertiary/aromatic N) is 1. The lowest BCUT2D eigenvalue weighted by Gasteiger charge is -2.21. The summed E-state index contributed by atoms with van der Waals surface area (Å²) >= 11 is 11.1. The van der Waals surface area contributed by atoms with E-state index in [1.54, 1.807) is 48.5 Å². The minimum atomic E-state index is -1.09. The molecule has 0 saturated heterocycles. The smallest absolute Gasteiger partial charge is 0.408 e. The van der Waals surface area contributed by atoms with E-state index in [4.69, 9.17) is 49.2 Å². The third kappa shape index (κ3) is 13.5. The van der Waals surface area contributed by atoms with Crippen LogP contribution >= 0.6 is 23.2 Å². The van der Waals surface area contributed by atoms with Gasteiger partial charge in [-0.15, -0.1) is 0 Å². The summed E-state index contributed by atoms with van der Waals surface area (Å²) in [6, 6.07) is 3.74. The molecule has 0 aliphatic carbocycles. The Balaban J connectivity index is 0.000000360. The van der Waals surface area contributed by atoms with Crippen molar-refractivity contribution in [1.29, 1.82) is 0 Å². The number of amides is 2. The number of carbonyl (C=O) groups is 3. The topological polar surface area (TPSA) is 195 Å². The molecule has 1 heterocycles. The minimum absolute atomic E-state index is 0.00769. The van der Waals surface area contributed by atoms with E-state index in [0.717, 1.165) is 6.07 Å². The van der Waals surface area contributed by atoms with Gasteiger partial charge >= 0.3 is 18.2 Å². The van der Waals surface area contributed by atoms with Crippen molar-refractivity contribution in [3.63, 3.8) is 0 Å². The summed E-state index contributed by atoms with van der Waals surface area (Å²) in [6.07, 6.45) is -1.26. The highest BCUT2D eigenvalue weighted by Gasteiger charge is 2.21. The molecule has 44 heavy (non-hydrogen) atoms. The molecule has 244 valence electrons. The SMILES string of the molecule is C[C@H](NC(=O)OC(C)(C)C)C(=O)O.C[C@H](NC(=O)OC(C)(C)C)c1nc2cc(Cl)c(F)cc2[nH]1.Nc1cc(F)c(Cl)cc1N. The average molecular weight is 664 g/mol. The summed E-state index contributed by atoms with van der Waals surface area (Å²) in [5.74, 6) is -1.66. The van der Waals surface area contributed by atoms with E-state index in [1.165, 1.54) is 25.1 Å². The molecule has 0 aliphatic rings. The molecular formula is C28H38Cl2F2N6O6. The Labute approximate surface area is 263 Å². The van der Waals surface area contributed by atoms with Gasteiger partial charge in [-0.3, -0.25) is 4.79 Å². The largest absolute Gasteiger partial charge is 0.480 e. The Bertz CT molecular complexity index is 1380. The Morgan fingerprint density at radius 3 is 1.80 bits per heavy atom. The molecular weight excluding hydrogens is 625 g/mol. The number of hydrogen-bond donors (Lipinski definition) is 6. The normalized spacial score (nSPS) is 12.5. The highest BCUT2D eigenvalue weighted by Crippen LogP contribution is 2.24. The van der Waals surface area contributed by atoms with Gasteiger partial charge in [0.05, 0.1) is 38.5 Å². The second kappa shape index (κ2) is 15.6. The van der Waals surface area contributed by atoms with Gasteiger partial charge in [-0.05, 0) is 67.5 Å². The van der Waals surface area contributed by atoms with Crippen LogP contribution in [0.2, 0.25) is 10.0 Å². The lowest BCUT2D eigenvalue weighted by molar-refractivity contribution is -0.139. The van der Waals surface area contributed by atoms with Gasteiger partial charge < -0.3 is 41.7 Å². The molecule has 0 saturated carbocycles. The molecule has 3 rings (SSSR count). The number of aromatic nitrogens is 2. The van der Waals surface area contributed by atoms with Crippen LogP contribution in [0.25, 0.3) is 11.0 Å². The number of carboxylic acids is 1. The van der Waals surface area contributed by atoms with Crippen LogP contribution in [0.15, 0.2) is 24.3 Å². The summed E-state index contributed by atoms with van der Waals surface area (Å²) in [6.45, 7) is 13.6. The molecule has 0 spiro atoms. The van der Waals surface area contributed by atoms with Gasteiger partial charge in [-0.1, -0.05) is 23.2 Å². The molecule has 16 heteroatoms. The predicted octanol–water partition coefficient (Wildman–Crippen LogP) is 6.57. The van der Waals surface area contributed by atoms with E-state index in [-0.39, 0.29) is 15.7 Å². The zero-order chi connectivity index (χ0) is 34.2. The standard InChI is InChI=1S/C14H17ClFN3O2.C8H15NO4.C6H6ClFN2/c1-7(17-13(20)21-14(2,3)4)12-18-10-5-8(15)9(16)6-11(10)19-12;1-5(6(10)11)9-7(12)13-8(2,3)4;7-3-1-5(9)6(10)2-4(3)8/h5-7H,1-4H3,(H,17,20)(H,18,19);5H,1-4H3,(H,9,12)(H,10,11);1-2H,9-10H2/t7-;5-;/m00./s1. The first-order chi connectivity index (χ1) is 20.0. The molecule has 0 aliphatic heterocycles. The molecule has 3 aromatic rings. The number of aliphatic carboxylic acids is 1. The average Bonchev–Trinajstić information content (AvgIpc) is 3.24. The van der Waals surface area contributed by atoms with Crippen molar-refractivity contribution in [1.82, 2.24) is 20.6 Å². The first-order valence-electron chi connectivity index (χ1n) is 13.1. The molecule has 8 N–H and O–H groups in total. The van der Waals surface area contributed by atoms with Crippen LogP contribution in [0, 0.1) is 11.6 Å². The highest BCUT2D eigenvalue weighted by molar-refractivity contribution is 6.31. The van der Waals surface area contributed by atoms with Gasteiger partial charge in [0.15, 0.2) is 0 Å². The van der Waals surface area contributed by atoms with Crippen LogP contribution in [0.4, 0.5) is 29.7 Å². The summed E-state index contributed by atoms with van der Waals surface area (Å²) in [5.41, 5.74) is 11.0.